The lowest BCUT2D eigenvalue weighted by molar-refractivity contribution is 0.383. The molecule has 0 radical (unpaired) electrons. The largest absolute Gasteiger partial charge is 0.313 e. The number of hydrogen-bond donors (Lipinski definition) is 1. The highest BCUT2D eigenvalue weighted by Crippen LogP contribution is 1.93. The fourth-order valence-corrected chi connectivity index (χ4v) is 1.05. The van der Waals surface area contributed by atoms with Crippen LogP contribution in [0.15, 0.2) is 23.3 Å². The van der Waals surface area contributed by atoms with Crippen molar-refractivity contribution >= 4 is 0 Å². The molecule has 0 saturated heterocycles. The first-order chi connectivity index (χ1) is 8.01. The minimum Gasteiger partial charge on any atom is -0.313 e. The maximum Gasteiger partial charge on any atom is 0.0186 e. The molecular formula is C15H32N2. The Hall–Kier alpha value is -0.600. The Balaban J connectivity index is 0. The lowest BCUT2D eigenvalue weighted by Crippen LogP contribution is -2.19. The van der Waals surface area contributed by atoms with Gasteiger partial charge in [-0.2, -0.15) is 0 Å². The standard InChI is InChI=1S/C8H17N.C7H15N/c1-5-8(3)7-9(4)6-2;1-4-7(3)6-8-5-2/h5H,6-7H2,1-4H3;4,8H,5-6H2,1-3H3. The molecule has 0 aliphatic carbocycles. The molecule has 17 heavy (non-hydrogen) atoms. The molecule has 2 heteroatoms. The van der Waals surface area contributed by atoms with Crippen molar-refractivity contribution in [1.29, 1.82) is 0 Å². The van der Waals surface area contributed by atoms with Gasteiger partial charge in [0.25, 0.3) is 0 Å². The van der Waals surface area contributed by atoms with Crippen LogP contribution in [0.2, 0.25) is 0 Å². The average molecular weight is 240 g/mol. The molecule has 0 aromatic carbocycles. The second kappa shape index (κ2) is 13.5. The molecule has 0 fully saturated rings. The van der Waals surface area contributed by atoms with E-state index in [9.17, 15) is 0 Å². The molecule has 0 aromatic rings. The van der Waals surface area contributed by atoms with Crippen LogP contribution in [0.3, 0.4) is 0 Å². The number of likely N-dealkylation sites (N-methyl/N-ethyl adjacent to an activating group) is 2. The maximum absolute atomic E-state index is 3.23. The summed E-state index contributed by atoms with van der Waals surface area (Å²) >= 11 is 0. The summed E-state index contributed by atoms with van der Waals surface area (Å²) in [6, 6.07) is 0. The first kappa shape index (κ1) is 18.8. The molecular weight excluding hydrogens is 208 g/mol. The van der Waals surface area contributed by atoms with Gasteiger partial charge in [0.15, 0.2) is 0 Å². The van der Waals surface area contributed by atoms with Crippen molar-refractivity contribution in [3.05, 3.63) is 23.3 Å². The molecule has 0 rings (SSSR count). The average Bonchev–Trinajstić information content (AvgIpc) is 2.36. The highest BCUT2D eigenvalue weighted by atomic mass is 15.1. The smallest absolute Gasteiger partial charge is 0.0186 e. The summed E-state index contributed by atoms with van der Waals surface area (Å²) < 4.78 is 0. The molecule has 1 N–H and O–H groups in total. The molecule has 0 heterocycles. The second-order valence-electron chi connectivity index (χ2n) is 4.38. The summed E-state index contributed by atoms with van der Waals surface area (Å²) in [6.45, 7) is 17.0. The maximum atomic E-state index is 3.23. The van der Waals surface area contributed by atoms with Crippen LogP contribution in [-0.4, -0.2) is 38.1 Å². The first-order valence-electron chi connectivity index (χ1n) is 6.64. The predicted molar refractivity (Wildman–Crippen MR) is 80.6 cm³/mol. The summed E-state index contributed by atoms with van der Waals surface area (Å²) in [7, 11) is 2.13. The van der Waals surface area contributed by atoms with E-state index in [1.54, 1.807) is 0 Å². The van der Waals surface area contributed by atoms with E-state index in [-0.39, 0.29) is 0 Å². The van der Waals surface area contributed by atoms with Gasteiger partial charge in [-0.05, 0) is 47.8 Å². The van der Waals surface area contributed by atoms with E-state index in [4.69, 9.17) is 0 Å². The van der Waals surface area contributed by atoms with Crippen LogP contribution >= 0.6 is 0 Å². The van der Waals surface area contributed by atoms with Crippen molar-refractivity contribution in [2.45, 2.75) is 41.5 Å². The molecule has 0 saturated carbocycles. The van der Waals surface area contributed by atoms with Gasteiger partial charge in [-0.25, -0.2) is 0 Å². The Morgan fingerprint density at radius 2 is 1.59 bits per heavy atom. The molecule has 0 bridgehead atoms. The summed E-state index contributed by atoms with van der Waals surface area (Å²) in [5, 5.41) is 3.23. The summed E-state index contributed by atoms with van der Waals surface area (Å²) in [5.74, 6) is 0. The van der Waals surface area contributed by atoms with Gasteiger partial charge in [0, 0.05) is 13.1 Å². The van der Waals surface area contributed by atoms with Gasteiger partial charge in [-0.3, -0.25) is 0 Å². The van der Waals surface area contributed by atoms with Crippen molar-refractivity contribution < 1.29 is 0 Å². The Bertz CT molecular complexity index is 217. The lowest BCUT2D eigenvalue weighted by atomic mass is 10.3. The fourth-order valence-electron chi connectivity index (χ4n) is 1.05. The van der Waals surface area contributed by atoms with E-state index in [0.717, 1.165) is 26.2 Å². The SMILES string of the molecule is CC=C(C)CN(C)CC.CC=C(C)CNCC. The number of rotatable bonds is 6. The van der Waals surface area contributed by atoms with Crippen LogP contribution in [0.4, 0.5) is 0 Å². The van der Waals surface area contributed by atoms with Gasteiger partial charge in [-0.15, -0.1) is 0 Å². The van der Waals surface area contributed by atoms with Gasteiger partial charge < -0.3 is 10.2 Å². The minimum absolute atomic E-state index is 1.03. The van der Waals surface area contributed by atoms with E-state index in [1.165, 1.54) is 11.1 Å². The molecule has 0 aliphatic rings. The quantitative estimate of drug-likeness (QED) is 0.715. The van der Waals surface area contributed by atoms with E-state index in [1.807, 2.05) is 0 Å². The van der Waals surface area contributed by atoms with Crippen LogP contribution < -0.4 is 5.32 Å². The Kier molecular flexibility index (Phi) is 14.9. The van der Waals surface area contributed by atoms with E-state index >= 15 is 0 Å². The van der Waals surface area contributed by atoms with Gasteiger partial charge in [-0.1, -0.05) is 37.1 Å². The third-order valence-corrected chi connectivity index (χ3v) is 2.70. The Labute approximate surface area is 109 Å². The number of hydrogen-bond acceptors (Lipinski definition) is 2. The molecule has 102 valence electrons. The van der Waals surface area contributed by atoms with Crippen molar-refractivity contribution in [2.75, 3.05) is 33.2 Å². The summed E-state index contributed by atoms with van der Waals surface area (Å²) in [4.78, 5) is 2.29. The Morgan fingerprint density at radius 1 is 1.06 bits per heavy atom. The first-order valence-corrected chi connectivity index (χ1v) is 6.64. The Morgan fingerprint density at radius 3 is 1.94 bits per heavy atom. The lowest BCUT2D eigenvalue weighted by Gasteiger charge is -2.12. The van der Waals surface area contributed by atoms with E-state index in [0.29, 0.717) is 0 Å². The van der Waals surface area contributed by atoms with Crippen LogP contribution in [0.1, 0.15) is 41.5 Å². The van der Waals surface area contributed by atoms with Gasteiger partial charge in [0.2, 0.25) is 0 Å². The molecule has 2 nitrogen and oxygen atoms in total. The second-order valence-corrected chi connectivity index (χ2v) is 4.38. The minimum atomic E-state index is 1.03. The predicted octanol–water partition coefficient (Wildman–Crippen LogP) is 3.47. The van der Waals surface area contributed by atoms with Crippen molar-refractivity contribution in [3.8, 4) is 0 Å². The highest BCUT2D eigenvalue weighted by Gasteiger charge is 1.92. The highest BCUT2D eigenvalue weighted by molar-refractivity contribution is 4.98. The zero-order valence-corrected chi connectivity index (χ0v) is 12.9. The molecule has 0 amide bonds. The van der Waals surface area contributed by atoms with Crippen molar-refractivity contribution in [3.63, 3.8) is 0 Å². The third-order valence-electron chi connectivity index (χ3n) is 2.70. The number of nitrogens with one attached hydrogen (secondary N) is 1. The van der Waals surface area contributed by atoms with Crippen LogP contribution in [0.25, 0.3) is 0 Å². The van der Waals surface area contributed by atoms with Crippen LogP contribution in [-0.2, 0) is 0 Å². The van der Waals surface area contributed by atoms with Gasteiger partial charge in [0.05, 0.1) is 0 Å². The van der Waals surface area contributed by atoms with E-state index in [2.05, 4.69) is 71.0 Å². The fraction of sp³-hybridized carbons (Fsp3) is 0.733. The van der Waals surface area contributed by atoms with Crippen LogP contribution in [0, 0.1) is 0 Å². The van der Waals surface area contributed by atoms with Crippen molar-refractivity contribution in [2.24, 2.45) is 0 Å². The van der Waals surface area contributed by atoms with Crippen molar-refractivity contribution in [1.82, 2.24) is 10.2 Å². The van der Waals surface area contributed by atoms with E-state index < -0.39 is 0 Å². The normalized spacial score (nSPS) is 12.5. The zero-order chi connectivity index (χ0) is 13.7. The monoisotopic (exact) mass is 240 g/mol. The molecule has 0 aliphatic heterocycles. The van der Waals surface area contributed by atoms with Crippen LogP contribution in [0.5, 0.6) is 0 Å². The molecule has 0 unspecified atom stereocenters. The molecule has 0 atom stereocenters. The number of nitrogens with zero attached hydrogens (tertiary/aromatic N) is 1. The zero-order valence-electron chi connectivity index (χ0n) is 12.9. The van der Waals surface area contributed by atoms with Gasteiger partial charge in [0.1, 0.15) is 0 Å². The summed E-state index contributed by atoms with van der Waals surface area (Å²) in [6.07, 6.45) is 4.29. The molecule has 0 spiro atoms. The van der Waals surface area contributed by atoms with Gasteiger partial charge >= 0.3 is 0 Å². The third kappa shape index (κ3) is 15.4. The molecule has 0 aromatic heterocycles. The summed E-state index contributed by atoms with van der Waals surface area (Å²) in [5.41, 5.74) is 2.85. The number of allylic oxidation sites excluding steroid dienone is 2. The topological polar surface area (TPSA) is 15.3 Å².